The van der Waals surface area contributed by atoms with Crippen molar-refractivity contribution in [2.24, 2.45) is 0 Å². The van der Waals surface area contributed by atoms with E-state index in [-0.39, 0.29) is 16.3 Å². The van der Waals surface area contributed by atoms with Crippen LogP contribution >= 0.6 is 35.4 Å². The molecule has 2 heterocycles. The van der Waals surface area contributed by atoms with E-state index in [0.29, 0.717) is 15.0 Å². The Labute approximate surface area is 129 Å². The van der Waals surface area contributed by atoms with E-state index in [1.54, 1.807) is 23.0 Å². The predicted molar refractivity (Wildman–Crippen MR) is 81.4 cm³/mol. The third kappa shape index (κ3) is 2.04. The number of fused-ring (bicyclic) bond motifs is 1. The van der Waals surface area contributed by atoms with Gasteiger partial charge in [-0.05, 0) is 18.2 Å². The molecule has 0 saturated carbocycles. The van der Waals surface area contributed by atoms with Gasteiger partial charge in [0.05, 0.1) is 27.3 Å². The van der Waals surface area contributed by atoms with Gasteiger partial charge in [-0.25, -0.2) is 4.98 Å². The van der Waals surface area contributed by atoms with Crippen molar-refractivity contribution in [3.63, 3.8) is 0 Å². The Morgan fingerprint density at radius 3 is 2.75 bits per heavy atom. The monoisotopic (exact) mass is 323 g/mol. The maximum Gasteiger partial charge on any atom is 0.160 e. The molecule has 2 aromatic heterocycles. The number of hydrogen-bond acceptors (Lipinski definition) is 4. The zero-order valence-corrected chi connectivity index (χ0v) is 12.2. The molecule has 0 aliphatic heterocycles. The highest BCUT2D eigenvalue weighted by Gasteiger charge is 2.13. The van der Waals surface area contributed by atoms with Gasteiger partial charge < -0.3 is 5.11 Å². The van der Waals surface area contributed by atoms with Gasteiger partial charge in [0.2, 0.25) is 0 Å². The Hall–Kier alpha value is -1.69. The first kappa shape index (κ1) is 13.3. The highest BCUT2D eigenvalue weighted by molar-refractivity contribution is 7.71. The molecule has 0 saturated heterocycles. The second-order valence-corrected chi connectivity index (χ2v) is 5.24. The van der Waals surface area contributed by atoms with Crippen LogP contribution in [-0.2, 0) is 0 Å². The Bertz CT molecular complexity index is 865. The van der Waals surface area contributed by atoms with Crippen LogP contribution in [-0.4, -0.2) is 19.6 Å². The average molecular weight is 324 g/mol. The molecule has 7 heteroatoms. The number of hydrogen-bond donors (Lipinski definition) is 1. The van der Waals surface area contributed by atoms with Gasteiger partial charge in [-0.1, -0.05) is 35.4 Å². The molecule has 1 N–H and O–H groups in total. The minimum absolute atomic E-state index is 0.129. The molecule has 0 bridgehead atoms. The number of nitrogens with zero attached hydrogens (tertiary/aromatic N) is 3. The molecule has 100 valence electrons. The number of aromatic nitrogens is 3. The number of rotatable bonds is 1. The fourth-order valence-corrected chi connectivity index (χ4v) is 2.85. The Kier molecular flexibility index (Phi) is 3.33. The van der Waals surface area contributed by atoms with Crippen LogP contribution in [0.3, 0.4) is 0 Å². The summed E-state index contributed by atoms with van der Waals surface area (Å²) in [6.45, 7) is 0. The fourth-order valence-electron chi connectivity index (χ4n) is 1.89. The molecular formula is C13H7Cl2N3OS. The molecule has 0 spiro atoms. The van der Waals surface area contributed by atoms with E-state index in [2.05, 4.69) is 9.97 Å². The van der Waals surface area contributed by atoms with E-state index in [9.17, 15) is 5.11 Å². The Balaban J connectivity index is 2.41. The first-order chi connectivity index (χ1) is 9.59. The lowest BCUT2D eigenvalue weighted by molar-refractivity contribution is 0.480. The summed E-state index contributed by atoms with van der Waals surface area (Å²) in [5.74, 6) is -0.129. The fraction of sp³-hybridized carbons (Fsp3) is 0. The van der Waals surface area contributed by atoms with Crippen molar-refractivity contribution in [3.05, 3.63) is 51.6 Å². The maximum atomic E-state index is 9.95. The third-order valence-corrected chi connectivity index (χ3v) is 3.83. The van der Waals surface area contributed by atoms with Crippen LogP contribution in [0.1, 0.15) is 0 Å². The van der Waals surface area contributed by atoms with Gasteiger partial charge >= 0.3 is 0 Å². The number of phenolic OH excluding ortho intramolecular Hbond substituents is 1. The molecule has 0 aliphatic carbocycles. The van der Waals surface area contributed by atoms with Crippen molar-refractivity contribution >= 4 is 46.3 Å². The van der Waals surface area contributed by atoms with E-state index >= 15 is 0 Å². The van der Waals surface area contributed by atoms with Gasteiger partial charge in [0.15, 0.2) is 5.75 Å². The van der Waals surface area contributed by atoms with E-state index < -0.39 is 0 Å². The van der Waals surface area contributed by atoms with Crippen LogP contribution < -0.4 is 0 Å². The van der Waals surface area contributed by atoms with Gasteiger partial charge in [-0.15, -0.1) is 0 Å². The third-order valence-electron chi connectivity index (χ3n) is 2.84. The zero-order valence-electron chi connectivity index (χ0n) is 9.92. The lowest BCUT2D eigenvalue weighted by atomic mass is 10.2. The van der Waals surface area contributed by atoms with Crippen molar-refractivity contribution in [2.45, 2.75) is 0 Å². The van der Waals surface area contributed by atoms with Crippen LogP contribution in [0.2, 0.25) is 10.0 Å². The molecule has 0 radical (unpaired) electrons. The second kappa shape index (κ2) is 5.01. The van der Waals surface area contributed by atoms with E-state index in [0.717, 1.165) is 5.69 Å². The molecule has 3 rings (SSSR count). The minimum atomic E-state index is -0.129. The summed E-state index contributed by atoms with van der Waals surface area (Å²) in [7, 11) is 0. The van der Waals surface area contributed by atoms with Crippen molar-refractivity contribution in [1.82, 2.24) is 14.5 Å². The molecule has 0 amide bonds. The lowest BCUT2D eigenvalue weighted by Gasteiger charge is -2.10. The normalized spacial score (nSPS) is 10.9. The van der Waals surface area contributed by atoms with Crippen molar-refractivity contribution in [3.8, 4) is 11.4 Å². The van der Waals surface area contributed by atoms with E-state index in [1.807, 2.05) is 6.07 Å². The first-order valence-electron chi connectivity index (χ1n) is 5.58. The zero-order chi connectivity index (χ0) is 14.3. The number of halogens is 2. The lowest BCUT2D eigenvalue weighted by Crippen LogP contribution is -2.00. The molecule has 0 fully saturated rings. The smallest absolute Gasteiger partial charge is 0.160 e. The summed E-state index contributed by atoms with van der Waals surface area (Å²) < 4.78 is 2.10. The molecular weight excluding hydrogens is 317 g/mol. The standard InChI is InChI=1S/C13H7Cl2N3OS/c14-8-4-9(15)12(19)11-10(8)13(20)18(6-17-11)7-2-1-3-16-5-7/h1-6,19H. The van der Waals surface area contributed by atoms with Crippen LogP contribution in [0.15, 0.2) is 36.9 Å². The van der Waals surface area contributed by atoms with Crippen LogP contribution in [0.25, 0.3) is 16.6 Å². The summed E-state index contributed by atoms with van der Waals surface area (Å²) in [5.41, 5.74) is 1.05. The Morgan fingerprint density at radius 1 is 1.25 bits per heavy atom. The van der Waals surface area contributed by atoms with Crippen LogP contribution in [0.5, 0.6) is 5.75 Å². The maximum absolute atomic E-state index is 9.95. The predicted octanol–water partition coefficient (Wildman–Crippen LogP) is 4.16. The summed E-state index contributed by atoms with van der Waals surface area (Å²) in [6, 6.07) is 5.09. The first-order valence-corrected chi connectivity index (χ1v) is 6.74. The number of benzene rings is 1. The number of phenols is 1. The van der Waals surface area contributed by atoms with Gasteiger partial charge in [-0.3, -0.25) is 9.55 Å². The van der Waals surface area contributed by atoms with Gasteiger partial charge in [0.1, 0.15) is 16.5 Å². The highest BCUT2D eigenvalue weighted by atomic mass is 35.5. The quantitative estimate of drug-likeness (QED) is 0.683. The summed E-state index contributed by atoms with van der Waals surface area (Å²) in [6.07, 6.45) is 4.83. The van der Waals surface area contributed by atoms with Gasteiger partial charge in [0, 0.05) is 6.20 Å². The number of aromatic hydroxyl groups is 1. The molecule has 0 unspecified atom stereocenters. The second-order valence-electron chi connectivity index (χ2n) is 4.04. The molecule has 20 heavy (non-hydrogen) atoms. The summed E-state index contributed by atoms with van der Waals surface area (Å²) in [4.78, 5) is 8.23. The summed E-state index contributed by atoms with van der Waals surface area (Å²) in [5, 5.41) is 10.9. The van der Waals surface area contributed by atoms with Crippen LogP contribution in [0, 0.1) is 4.64 Å². The van der Waals surface area contributed by atoms with Crippen molar-refractivity contribution in [1.29, 1.82) is 0 Å². The molecule has 0 aliphatic rings. The van der Waals surface area contributed by atoms with Crippen LogP contribution in [0.4, 0.5) is 0 Å². The topological polar surface area (TPSA) is 50.9 Å². The largest absolute Gasteiger partial charge is 0.504 e. The molecule has 1 aromatic carbocycles. The molecule has 0 atom stereocenters. The Morgan fingerprint density at radius 2 is 2.05 bits per heavy atom. The van der Waals surface area contributed by atoms with E-state index in [4.69, 9.17) is 35.4 Å². The minimum Gasteiger partial charge on any atom is -0.504 e. The highest BCUT2D eigenvalue weighted by Crippen LogP contribution is 2.36. The van der Waals surface area contributed by atoms with Gasteiger partial charge in [-0.2, -0.15) is 0 Å². The summed E-state index contributed by atoms with van der Waals surface area (Å²) >= 11 is 17.5. The van der Waals surface area contributed by atoms with E-state index in [1.165, 1.54) is 12.4 Å². The van der Waals surface area contributed by atoms with Gasteiger partial charge in [0.25, 0.3) is 0 Å². The van der Waals surface area contributed by atoms with Crippen molar-refractivity contribution in [2.75, 3.05) is 0 Å². The molecule has 3 aromatic rings. The van der Waals surface area contributed by atoms with Crippen molar-refractivity contribution < 1.29 is 5.11 Å². The SMILES string of the molecule is Oc1c(Cl)cc(Cl)c2c(=S)n(-c3cccnc3)cnc12. The number of pyridine rings is 1. The molecule has 4 nitrogen and oxygen atoms in total. The average Bonchev–Trinajstić information content (AvgIpc) is 2.45.